The lowest BCUT2D eigenvalue weighted by atomic mass is 10.1. The van der Waals surface area contributed by atoms with E-state index in [1.807, 2.05) is 50.2 Å². The highest BCUT2D eigenvalue weighted by molar-refractivity contribution is 5.89. The van der Waals surface area contributed by atoms with Crippen LogP contribution in [0, 0.1) is 13.8 Å². The summed E-state index contributed by atoms with van der Waals surface area (Å²) in [5.41, 5.74) is 3.76. The molecule has 3 amide bonds. The Hall–Kier alpha value is -2.89. The second kappa shape index (κ2) is 8.10. The number of benzene rings is 1. The van der Waals surface area contributed by atoms with Gasteiger partial charge in [0.25, 0.3) is 0 Å². The Bertz CT molecular complexity index is 706. The largest absolute Gasteiger partial charge is 0.337 e. The van der Waals surface area contributed by atoms with E-state index in [1.165, 1.54) is 6.92 Å². The summed E-state index contributed by atoms with van der Waals surface area (Å²) in [6.07, 6.45) is 0.702. The summed E-state index contributed by atoms with van der Waals surface area (Å²) in [4.78, 5) is 27.1. The van der Waals surface area contributed by atoms with E-state index in [0.717, 1.165) is 22.5 Å². The third-order valence-corrected chi connectivity index (χ3v) is 3.31. The average Bonchev–Trinajstić information content (AvgIpc) is 2.47. The Kier molecular flexibility index (Phi) is 5.89. The minimum absolute atomic E-state index is 0.0962. The Morgan fingerprint density at radius 3 is 2.38 bits per heavy atom. The van der Waals surface area contributed by atoms with Gasteiger partial charge in [-0.2, -0.15) is 0 Å². The highest BCUT2D eigenvalue weighted by Crippen LogP contribution is 2.10. The van der Waals surface area contributed by atoms with Crippen molar-refractivity contribution in [3.8, 4) is 0 Å². The van der Waals surface area contributed by atoms with Crippen LogP contribution in [-0.4, -0.2) is 23.5 Å². The molecule has 0 saturated heterocycles. The molecule has 2 aromatic rings. The fourth-order valence-electron chi connectivity index (χ4n) is 2.34. The Morgan fingerprint density at radius 1 is 1.04 bits per heavy atom. The molecule has 0 aliphatic carbocycles. The second-order valence-electron chi connectivity index (χ2n) is 5.68. The molecule has 0 saturated carbocycles. The maximum atomic E-state index is 11.9. The molecule has 0 fully saturated rings. The van der Waals surface area contributed by atoms with Gasteiger partial charge in [-0.3, -0.25) is 10.1 Å². The van der Waals surface area contributed by atoms with Crippen LogP contribution in [0.5, 0.6) is 0 Å². The van der Waals surface area contributed by atoms with E-state index >= 15 is 0 Å². The van der Waals surface area contributed by atoms with Crippen LogP contribution in [0.4, 0.5) is 16.3 Å². The maximum absolute atomic E-state index is 11.9. The number of amides is 3. The topological polar surface area (TPSA) is 83.1 Å². The molecule has 3 N–H and O–H groups in total. The summed E-state index contributed by atoms with van der Waals surface area (Å²) < 4.78 is 0. The molecule has 1 aromatic carbocycles. The summed E-state index contributed by atoms with van der Waals surface area (Å²) >= 11 is 0. The fraction of sp³-hybridized carbons (Fsp3) is 0.278. The monoisotopic (exact) mass is 326 g/mol. The van der Waals surface area contributed by atoms with Crippen LogP contribution in [0.2, 0.25) is 0 Å². The zero-order valence-electron chi connectivity index (χ0n) is 14.1. The quantitative estimate of drug-likeness (QED) is 0.790. The third-order valence-electron chi connectivity index (χ3n) is 3.31. The number of hydrogen-bond donors (Lipinski definition) is 3. The van der Waals surface area contributed by atoms with E-state index in [4.69, 9.17) is 0 Å². The van der Waals surface area contributed by atoms with Crippen LogP contribution in [0.25, 0.3) is 0 Å². The SMILES string of the molecule is CC(=O)Nc1ccc(CCNC(=O)Nc2cc(C)cc(C)n2)cc1. The normalized spacial score (nSPS) is 10.1. The van der Waals surface area contributed by atoms with E-state index < -0.39 is 0 Å². The van der Waals surface area contributed by atoms with E-state index in [2.05, 4.69) is 20.9 Å². The van der Waals surface area contributed by atoms with Gasteiger partial charge in [-0.15, -0.1) is 0 Å². The number of hydrogen-bond acceptors (Lipinski definition) is 3. The summed E-state index contributed by atoms with van der Waals surface area (Å²) in [5, 5.41) is 8.25. The van der Waals surface area contributed by atoms with Gasteiger partial charge in [-0.05, 0) is 55.7 Å². The zero-order chi connectivity index (χ0) is 17.5. The van der Waals surface area contributed by atoms with Crippen molar-refractivity contribution in [1.82, 2.24) is 10.3 Å². The molecule has 1 aromatic heterocycles. The molecule has 1 heterocycles. The lowest BCUT2D eigenvalue weighted by Gasteiger charge is -2.09. The molecule has 0 bridgehead atoms. The molecule has 2 rings (SSSR count). The molecule has 0 spiro atoms. The Labute approximate surface area is 141 Å². The summed E-state index contributed by atoms with van der Waals surface area (Å²) in [6.45, 7) is 5.83. The minimum Gasteiger partial charge on any atom is -0.337 e. The molecule has 24 heavy (non-hydrogen) atoms. The molecule has 0 radical (unpaired) electrons. The van der Waals surface area contributed by atoms with Crippen LogP contribution < -0.4 is 16.0 Å². The molecule has 0 unspecified atom stereocenters. The molecule has 0 aliphatic rings. The number of rotatable bonds is 5. The Morgan fingerprint density at radius 2 is 1.75 bits per heavy atom. The summed E-state index contributed by atoms with van der Waals surface area (Å²) in [6, 6.07) is 11.0. The van der Waals surface area contributed by atoms with Crippen LogP contribution in [0.1, 0.15) is 23.7 Å². The molecule has 6 nitrogen and oxygen atoms in total. The van der Waals surface area contributed by atoms with Gasteiger partial charge < -0.3 is 10.6 Å². The summed E-state index contributed by atoms with van der Waals surface area (Å²) in [7, 11) is 0. The van der Waals surface area contributed by atoms with Crippen LogP contribution in [0.15, 0.2) is 36.4 Å². The number of nitrogens with one attached hydrogen (secondary N) is 3. The standard InChI is InChI=1S/C18H22N4O2/c1-12-10-13(2)20-17(11-12)22-18(24)19-9-8-15-4-6-16(7-5-15)21-14(3)23/h4-7,10-11H,8-9H2,1-3H3,(H,21,23)(H2,19,20,22,24). The molecule has 126 valence electrons. The number of aryl methyl sites for hydroxylation is 2. The first kappa shape index (κ1) is 17.5. The molecule has 0 atom stereocenters. The first-order valence-corrected chi connectivity index (χ1v) is 7.79. The molecular formula is C18H22N4O2. The van der Waals surface area contributed by atoms with E-state index in [1.54, 1.807) is 0 Å². The highest BCUT2D eigenvalue weighted by atomic mass is 16.2. The summed E-state index contributed by atoms with van der Waals surface area (Å²) in [5.74, 6) is 0.450. The van der Waals surface area contributed by atoms with Crippen molar-refractivity contribution in [3.63, 3.8) is 0 Å². The zero-order valence-corrected chi connectivity index (χ0v) is 14.1. The van der Waals surface area contributed by atoms with Gasteiger partial charge in [-0.25, -0.2) is 9.78 Å². The van der Waals surface area contributed by atoms with Crippen LogP contribution >= 0.6 is 0 Å². The number of urea groups is 1. The van der Waals surface area contributed by atoms with Crippen LogP contribution in [0.3, 0.4) is 0 Å². The van der Waals surface area contributed by atoms with Gasteiger partial charge in [-0.1, -0.05) is 12.1 Å². The predicted octanol–water partition coefficient (Wildman–Crippen LogP) is 3.02. The first-order valence-electron chi connectivity index (χ1n) is 7.79. The number of carbonyl (C=O) groups is 2. The van der Waals surface area contributed by atoms with Gasteiger partial charge in [0.1, 0.15) is 5.82 Å². The molecule has 0 aliphatic heterocycles. The fourth-order valence-corrected chi connectivity index (χ4v) is 2.34. The van der Waals surface area contributed by atoms with E-state index in [9.17, 15) is 9.59 Å². The van der Waals surface area contributed by atoms with Gasteiger partial charge in [0.15, 0.2) is 0 Å². The number of nitrogens with zero attached hydrogens (tertiary/aromatic N) is 1. The number of anilines is 2. The van der Waals surface area contributed by atoms with Gasteiger partial charge in [0.05, 0.1) is 0 Å². The van der Waals surface area contributed by atoms with Crippen molar-refractivity contribution in [3.05, 3.63) is 53.2 Å². The lowest BCUT2D eigenvalue weighted by molar-refractivity contribution is -0.114. The first-order chi connectivity index (χ1) is 11.4. The number of carbonyl (C=O) groups excluding carboxylic acids is 2. The van der Waals surface area contributed by atoms with Gasteiger partial charge >= 0.3 is 6.03 Å². The number of pyridine rings is 1. The van der Waals surface area contributed by atoms with Crippen LogP contribution in [-0.2, 0) is 11.2 Å². The van der Waals surface area contributed by atoms with Crippen molar-refractivity contribution in [1.29, 1.82) is 0 Å². The lowest BCUT2D eigenvalue weighted by Crippen LogP contribution is -2.30. The number of aromatic nitrogens is 1. The predicted molar refractivity (Wildman–Crippen MR) is 95.2 cm³/mol. The molecular weight excluding hydrogens is 304 g/mol. The highest BCUT2D eigenvalue weighted by Gasteiger charge is 2.04. The van der Waals surface area contributed by atoms with Gasteiger partial charge in [0, 0.05) is 24.8 Å². The van der Waals surface area contributed by atoms with Crippen molar-refractivity contribution >= 4 is 23.4 Å². The van der Waals surface area contributed by atoms with Crippen molar-refractivity contribution in [2.24, 2.45) is 0 Å². The van der Waals surface area contributed by atoms with Crippen molar-refractivity contribution in [2.75, 3.05) is 17.2 Å². The van der Waals surface area contributed by atoms with Gasteiger partial charge in [0.2, 0.25) is 5.91 Å². The van der Waals surface area contributed by atoms with E-state index in [-0.39, 0.29) is 11.9 Å². The smallest absolute Gasteiger partial charge is 0.320 e. The minimum atomic E-state index is -0.276. The second-order valence-corrected chi connectivity index (χ2v) is 5.68. The third kappa shape index (κ3) is 5.72. The Balaban J connectivity index is 1.78. The average molecular weight is 326 g/mol. The maximum Gasteiger partial charge on any atom is 0.320 e. The van der Waals surface area contributed by atoms with Crippen molar-refractivity contribution < 1.29 is 9.59 Å². The van der Waals surface area contributed by atoms with E-state index in [0.29, 0.717) is 18.8 Å². The molecule has 6 heteroatoms. The van der Waals surface area contributed by atoms with Crippen molar-refractivity contribution in [2.45, 2.75) is 27.2 Å².